The van der Waals surface area contributed by atoms with Crippen molar-refractivity contribution in [2.24, 2.45) is 0 Å². The molecule has 1 aromatic carbocycles. The summed E-state index contributed by atoms with van der Waals surface area (Å²) in [6.07, 6.45) is 2.97. The number of ether oxygens (including phenoxy) is 1. The summed E-state index contributed by atoms with van der Waals surface area (Å²) < 4.78 is 36.3. The molecule has 1 saturated heterocycles. The lowest BCUT2D eigenvalue weighted by Crippen LogP contribution is -2.52. The van der Waals surface area contributed by atoms with Crippen molar-refractivity contribution in [3.8, 4) is 0 Å². The molecular weight excluding hydrogens is 444 g/mol. The zero-order valence-corrected chi connectivity index (χ0v) is 20.2. The lowest BCUT2D eigenvalue weighted by molar-refractivity contribution is -0.134. The fourth-order valence-corrected chi connectivity index (χ4v) is 5.42. The second-order valence-electron chi connectivity index (χ2n) is 10.6. The van der Waals surface area contributed by atoms with Crippen LogP contribution in [0, 0.1) is 11.6 Å². The lowest BCUT2D eigenvalue weighted by atomic mass is 9.80. The summed E-state index contributed by atoms with van der Waals surface area (Å²) in [6, 6.07) is 0.723. The van der Waals surface area contributed by atoms with Gasteiger partial charge in [0.2, 0.25) is 11.8 Å². The standard InChI is InChI=1S/C25H33F2N3O4/c1-25(2,3)34-24(33)29(4)15-7-5-14(6-8-15)21-17(26)13-19-16(22(21)27)11-12-30(19)18-9-10-20(31)28-23(18)32/h13-15,18H,5-12H2,1-4H3,(H,28,31,32)/t14?,15?,18-/m0/s1. The topological polar surface area (TPSA) is 79.0 Å². The van der Waals surface area contributed by atoms with Gasteiger partial charge < -0.3 is 14.5 Å². The first-order chi connectivity index (χ1) is 16.0. The number of piperidine rings is 1. The highest BCUT2D eigenvalue weighted by Crippen LogP contribution is 2.42. The monoisotopic (exact) mass is 477 g/mol. The molecule has 1 aliphatic carbocycles. The normalized spacial score (nSPS) is 25.1. The molecule has 9 heteroatoms. The Labute approximate surface area is 198 Å². The minimum atomic E-state index is -0.598. The van der Waals surface area contributed by atoms with Gasteiger partial charge in [-0.3, -0.25) is 14.9 Å². The molecule has 2 heterocycles. The molecule has 1 saturated carbocycles. The Bertz CT molecular complexity index is 999. The molecule has 1 aromatic rings. The third-order valence-electron chi connectivity index (χ3n) is 7.16. The van der Waals surface area contributed by atoms with Crippen molar-refractivity contribution in [2.45, 2.75) is 89.3 Å². The van der Waals surface area contributed by atoms with E-state index in [1.54, 1.807) is 16.8 Å². The predicted molar refractivity (Wildman–Crippen MR) is 123 cm³/mol. The number of imide groups is 1. The maximum atomic E-state index is 15.6. The Kier molecular flexibility index (Phi) is 6.57. The fourth-order valence-electron chi connectivity index (χ4n) is 5.42. The first-order valence-electron chi connectivity index (χ1n) is 12.0. The molecule has 2 fully saturated rings. The maximum absolute atomic E-state index is 15.6. The number of nitrogens with zero attached hydrogens (tertiary/aromatic N) is 2. The quantitative estimate of drug-likeness (QED) is 0.666. The Morgan fingerprint density at radius 2 is 1.79 bits per heavy atom. The van der Waals surface area contributed by atoms with Crippen LogP contribution in [0.15, 0.2) is 6.07 Å². The van der Waals surface area contributed by atoms with Gasteiger partial charge in [-0.05, 0) is 71.3 Å². The van der Waals surface area contributed by atoms with Gasteiger partial charge in [0.25, 0.3) is 0 Å². The van der Waals surface area contributed by atoms with E-state index in [0.29, 0.717) is 56.3 Å². The zero-order chi connectivity index (χ0) is 24.8. The van der Waals surface area contributed by atoms with Crippen LogP contribution in [0.3, 0.4) is 0 Å². The minimum Gasteiger partial charge on any atom is -0.444 e. The van der Waals surface area contributed by atoms with Crippen molar-refractivity contribution < 1.29 is 27.9 Å². The zero-order valence-electron chi connectivity index (χ0n) is 20.2. The van der Waals surface area contributed by atoms with Crippen LogP contribution in [0.4, 0.5) is 19.3 Å². The van der Waals surface area contributed by atoms with Gasteiger partial charge in [-0.25, -0.2) is 13.6 Å². The number of benzene rings is 1. The summed E-state index contributed by atoms with van der Waals surface area (Å²) in [6.45, 7) is 5.86. The van der Waals surface area contributed by atoms with Crippen LogP contribution in [-0.4, -0.2) is 54.1 Å². The molecule has 3 aliphatic rings. The van der Waals surface area contributed by atoms with Crippen molar-refractivity contribution >= 4 is 23.6 Å². The van der Waals surface area contributed by atoms with Crippen molar-refractivity contribution in [2.75, 3.05) is 18.5 Å². The number of anilines is 1. The second kappa shape index (κ2) is 9.15. The van der Waals surface area contributed by atoms with E-state index < -0.39 is 29.2 Å². The summed E-state index contributed by atoms with van der Waals surface area (Å²) in [5.41, 5.74) is 0.379. The van der Waals surface area contributed by atoms with Gasteiger partial charge in [-0.1, -0.05) is 0 Å². The molecule has 4 rings (SSSR count). The largest absolute Gasteiger partial charge is 0.444 e. The van der Waals surface area contributed by atoms with Crippen LogP contribution >= 0.6 is 0 Å². The van der Waals surface area contributed by atoms with Gasteiger partial charge in [0.1, 0.15) is 23.3 Å². The van der Waals surface area contributed by atoms with E-state index in [4.69, 9.17) is 4.74 Å². The number of hydrogen-bond donors (Lipinski definition) is 1. The molecule has 1 N–H and O–H groups in total. The molecule has 186 valence electrons. The average Bonchev–Trinajstić information content (AvgIpc) is 3.16. The molecule has 0 bridgehead atoms. The lowest BCUT2D eigenvalue weighted by Gasteiger charge is -2.36. The van der Waals surface area contributed by atoms with E-state index in [1.165, 1.54) is 6.07 Å². The van der Waals surface area contributed by atoms with Crippen LogP contribution in [0.2, 0.25) is 0 Å². The molecule has 0 radical (unpaired) electrons. The summed E-state index contributed by atoms with van der Waals surface area (Å²) in [5.74, 6) is -2.12. The molecule has 7 nitrogen and oxygen atoms in total. The number of rotatable bonds is 3. The first kappa shape index (κ1) is 24.4. The number of fused-ring (bicyclic) bond motifs is 1. The number of amides is 3. The Morgan fingerprint density at radius 3 is 2.41 bits per heavy atom. The Morgan fingerprint density at radius 1 is 1.12 bits per heavy atom. The summed E-state index contributed by atoms with van der Waals surface area (Å²) in [7, 11) is 1.71. The van der Waals surface area contributed by atoms with Crippen LogP contribution in [-0.2, 0) is 20.7 Å². The maximum Gasteiger partial charge on any atom is 0.410 e. The molecule has 2 aliphatic heterocycles. The Balaban J connectivity index is 1.47. The highest BCUT2D eigenvalue weighted by atomic mass is 19.1. The van der Waals surface area contributed by atoms with Crippen LogP contribution in [0.25, 0.3) is 0 Å². The number of nitrogens with one attached hydrogen (secondary N) is 1. The van der Waals surface area contributed by atoms with Gasteiger partial charge in [0.05, 0.1) is 0 Å². The van der Waals surface area contributed by atoms with Gasteiger partial charge in [0.15, 0.2) is 0 Å². The molecule has 0 unspecified atom stereocenters. The first-order valence-corrected chi connectivity index (χ1v) is 12.0. The van der Waals surface area contributed by atoms with E-state index in [-0.39, 0.29) is 35.9 Å². The number of carbonyl (C=O) groups excluding carboxylic acids is 3. The van der Waals surface area contributed by atoms with E-state index in [1.807, 2.05) is 20.8 Å². The van der Waals surface area contributed by atoms with Crippen molar-refractivity contribution in [1.82, 2.24) is 10.2 Å². The third-order valence-corrected chi connectivity index (χ3v) is 7.16. The second-order valence-corrected chi connectivity index (χ2v) is 10.6. The smallest absolute Gasteiger partial charge is 0.410 e. The highest BCUT2D eigenvalue weighted by Gasteiger charge is 2.39. The number of halogens is 2. The van der Waals surface area contributed by atoms with Crippen molar-refractivity contribution in [3.63, 3.8) is 0 Å². The van der Waals surface area contributed by atoms with Gasteiger partial charge >= 0.3 is 6.09 Å². The number of carbonyl (C=O) groups is 3. The predicted octanol–water partition coefficient (Wildman–Crippen LogP) is 4.03. The van der Waals surface area contributed by atoms with Crippen LogP contribution in [0.1, 0.15) is 76.3 Å². The third kappa shape index (κ3) is 4.74. The fraction of sp³-hybridized carbons (Fsp3) is 0.640. The summed E-state index contributed by atoms with van der Waals surface area (Å²) >= 11 is 0. The van der Waals surface area contributed by atoms with Crippen LogP contribution < -0.4 is 10.2 Å². The van der Waals surface area contributed by atoms with E-state index in [2.05, 4.69) is 5.32 Å². The Hall–Kier alpha value is -2.71. The van der Waals surface area contributed by atoms with Crippen molar-refractivity contribution in [1.29, 1.82) is 0 Å². The molecule has 34 heavy (non-hydrogen) atoms. The molecule has 0 spiro atoms. The van der Waals surface area contributed by atoms with E-state index >= 15 is 8.78 Å². The van der Waals surface area contributed by atoms with E-state index in [0.717, 1.165) is 0 Å². The minimum absolute atomic E-state index is 0.0327. The summed E-state index contributed by atoms with van der Waals surface area (Å²) in [4.78, 5) is 39.5. The van der Waals surface area contributed by atoms with Crippen molar-refractivity contribution in [3.05, 3.63) is 28.8 Å². The van der Waals surface area contributed by atoms with E-state index in [9.17, 15) is 14.4 Å². The SMILES string of the molecule is CN(C(=O)OC(C)(C)C)C1CCC(c2c(F)cc3c(c2F)CCN3[C@H]2CCC(=O)NC2=O)CC1. The molecule has 1 atom stereocenters. The van der Waals surface area contributed by atoms with Crippen LogP contribution in [0.5, 0.6) is 0 Å². The van der Waals surface area contributed by atoms with Gasteiger partial charge in [-0.2, -0.15) is 0 Å². The summed E-state index contributed by atoms with van der Waals surface area (Å²) in [5, 5.41) is 2.32. The number of hydrogen-bond acceptors (Lipinski definition) is 5. The molecule has 0 aromatic heterocycles. The van der Waals surface area contributed by atoms with Gasteiger partial charge in [0, 0.05) is 42.9 Å². The van der Waals surface area contributed by atoms with Gasteiger partial charge in [-0.15, -0.1) is 0 Å². The average molecular weight is 478 g/mol. The molecule has 3 amide bonds. The highest BCUT2D eigenvalue weighted by molar-refractivity contribution is 6.02. The molecular formula is C25H33F2N3O4.